The number of aliphatic hydroxyl groups is 1. The number of hydrogen-bond acceptors (Lipinski definition) is 7. The van der Waals surface area contributed by atoms with Gasteiger partial charge < -0.3 is 10.2 Å². The number of aromatic hydroxyl groups is 1. The summed E-state index contributed by atoms with van der Waals surface area (Å²) in [5.74, 6) is -6.92. The van der Waals surface area contributed by atoms with Crippen molar-refractivity contribution in [2.45, 2.75) is 83.4 Å². The summed E-state index contributed by atoms with van der Waals surface area (Å²) in [4.78, 5) is 56.4. The Morgan fingerprint density at radius 3 is 2.46 bits per heavy atom. The average molecular weight is 512 g/mol. The third kappa shape index (κ3) is 3.59. The lowest BCUT2D eigenvalue weighted by atomic mass is 9.53. The highest BCUT2D eigenvalue weighted by atomic mass is 19.1. The number of phenolic OH excluding ortho intramolecular Hbond substituents is 1. The molecule has 0 radical (unpaired) electrons. The van der Waals surface area contributed by atoms with Crippen LogP contribution in [0.15, 0.2) is 17.2 Å². The van der Waals surface area contributed by atoms with Crippen molar-refractivity contribution in [2.24, 2.45) is 17.8 Å². The summed E-state index contributed by atoms with van der Waals surface area (Å²) in [6.45, 7) is 4.94. The van der Waals surface area contributed by atoms with Gasteiger partial charge in [-0.1, -0.05) is 20.3 Å². The standard InChI is InChI=1S/C29H34FNO6/c1-5-7-17-21(13(3)32)27(35)29(37)19(24(17)31(4)16-8-9-16)11-15-10-18-20(30)12-14(6-2)25(33)23(18)26(34)22(15)28(29)36/h12,15-16,19,22,24,33,37H,5-11H2,1-4H3. The van der Waals surface area contributed by atoms with Crippen LogP contribution in [0.4, 0.5) is 4.39 Å². The van der Waals surface area contributed by atoms with Gasteiger partial charge in [0.2, 0.25) is 5.78 Å². The first-order valence-electron chi connectivity index (χ1n) is 13.3. The van der Waals surface area contributed by atoms with Gasteiger partial charge in [-0.25, -0.2) is 4.39 Å². The van der Waals surface area contributed by atoms with E-state index in [0.717, 1.165) is 12.8 Å². The second kappa shape index (κ2) is 8.95. The first-order chi connectivity index (χ1) is 17.5. The molecular weight excluding hydrogens is 477 g/mol. The Morgan fingerprint density at radius 1 is 1.22 bits per heavy atom. The van der Waals surface area contributed by atoms with Gasteiger partial charge in [0, 0.05) is 23.6 Å². The summed E-state index contributed by atoms with van der Waals surface area (Å²) in [5, 5.41) is 22.7. The zero-order valence-corrected chi connectivity index (χ0v) is 21.8. The Kier molecular flexibility index (Phi) is 6.27. The molecule has 0 saturated heterocycles. The molecule has 0 heterocycles. The molecule has 7 nitrogen and oxygen atoms in total. The van der Waals surface area contributed by atoms with Crippen LogP contribution in [0.25, 0.3) is 0 Å². The highest BCUT2D eigenvalue weighted by Crippen LogP contribution is 2.53. The third-order valence-electron chi connectivity index (χ3n) is 9.10. The molecule has 5 rings (SSSR count). The van der Waals surface area contributed by atoms with E-state index in [1.807, 2.05) is 14.0 Å². The second-order valence-corrected chi connectivity index (χ2v) is 11.2. The van der Waals surface area contributed by atoms with Crippen molar-refractivity contribution in [3.8, 4) is 5.75 Å². The number of phenols is 1. The summed E-state index contributed by atoms with van der Waals surface area (Å²) in [5.41, 5.74) is -1.89. The number of carbonyl (C=O) groups is 4. The summed E-state index contributed by atoms with van der Waals surface area (Å²) in [6, 6.07) is 0.930. The SMILES string of the molecule is CCCC1=C(C(C)=O)C(=O)C2(O)C(=O)C3C(=O)c4c(O)c(CC)cc(F)c4CC3CC2C1N(C)C1CC1. The van der Waals surface area contributed by atoms with Crippen LogP contribution >= 0.6 is 0 Å². The first-order valence-corrected chi connectivity index (χ1v) is 13.3. The molecule has 2 saturated carbocycles. The smallest absolute Gasteiger partial charge is 0.205 e. The Labute approximate surface area is 215 Å². The lowest BCUT2D eigenvalue weighted by molar-refractivity contribution is -0.169. The van der Waals surface area contributed by atoms with E-state index in [1.54, 1.807) is 6.92 Å². The third-order valence-corrected chi connectivity index (χ3v) is 9.10. The maximum Gasteiger partial charge on any atom is 0.205 e. The normalized spacial score (nSPS) is 31.4. The number of nitrogens with zero attached hydrogens (tertiary/aromatic N) is 1. The van der Waals surface area contributed by atoms with Crippen molar-refractivity contribution >= 4 is 23.1 Å². The number of halogens is 1. The monoisotopic (exact) mass is 511 g/mol. The predicted octanol–water partition coefficient (Wildman–Crippen LogP) is 3.12. The van der Waals surface area contributed by atoms with E-state index in [4.69, 9.17) is 0 Å². The number of Topliss-reactive ketones (excluding diaryl/α,β-unsaturated/α-hetero) is 4. The topological polar surface area (TPSA) is 112 Å². The summed E-state index contributed by atoms with van der Waals surface area (Å²) >= 11 is 0. The van der Waals surface area contributed by atoms with Gasteiger partial charge >= 0.3 is 0 Å². The largest absolute Gasteiger partial charge is 0.507 e. The maximum atomic E-state index is 15.1. The van der Waals surface area contributed by atoms with Gasteiger partial charge in [0.25, 0.3) is 0 Å². The Morgan fingerprint density at radius 2 is 1.89 bits per heavy atom. The molecule has 37 heavy (non-hydrogen) atoms. The molecule has 2 fully saturated rings. The summed E-state index contributed by atoms with van der Waals surface area (Å²) in [6.07, 6.45) is 3.52. The van der Waals surface area contributed by atoms with Crippen molar-refractivity contribution < 1.29 is 33.8 Å². The summed E-state index contributed by atoms with van der Waals surface area (Å²) in [7, 11) is 1.90. The minimum absolute atomic E-state index is 0.0495. The number of aryl methyl sites for hydroxylation is 1. The summed E-state index contributed by atoms with van der Waals surface area (Å²) < 4.78 is 15.1. The van der Waals surface area contributed by atoms with E-state index >= 15 is 4.39 Å². The number of fused-ring (bicyclic) bond motifs is 3. The molecule has 1 aromatic carbocycles. The van der Waals surface area contributed by atoms with Crippen LogP contribution in [-0.4, -0.2) is 63.0 Å². The zero-order valence-electron chi connectivity index (χ0n) is 21.8. The first kappa shape index (κ1) is 25.9. The lowest BCUT2D eigenvalue weighted by Crippen LogP contribution is -2.69. The van der Waals surface area contributed by atoms with Crippen molar-refractivity contribution in [2.75, 3.05) is 7.05 Å². The van der Waals surface area contributed by atoms with Crippen LogP contribution in [0.5, 0.6) is 5.75 Å². The van der Waals surface area contributed by atoms with Crippen LogP contribution in [0.1, 0.15) is 74.4 Å². The molecule has 2 N–H and O–H groups in total. The van der Waals surface area contributed by atoms with Crippen molar-refractivity contribution in [1.29, 1.82) is 0 Å². The van der Waals surface area contributed by atoms with Crippen molar-refractivity contribution in [1.82, 2.24) is 4.90 Å². The van der Waals surface area contributed by atoms with Gasteiger partial charge in [-0.3, -0.25) is 24.1 Å². The van der Waals surface area contributed by atoms with Crippen LogP contribution in [0.3, 0.4) is 0 Å². The van der Waals surface area contributed by atoms with Gasteiger partial charge in [-0.15, -0.1) is 0 Å². The van der Waals surface area contributed by atoms with Crippen LogP contribution < -0.4 is 0 Å². The van der Waals surface area contributed by atoms with Gasteiger partial charge in [-0.05, 0) is 75.6 Å². The van der Waals surface area contributed by atoms with E-state index in [9.17, 15) is 29.4 Å². The quantitative estimate of drug-likeness (QED) is 0.446. The van der Waals surface area contributed by atoms with Crippen LogP contribution in [-0.2, 0) is 27.2 Å². The number of carbonyl (C=O) groups excluding carboxylic acids is 4. The Balaban J connectivity index is 1.68. The minimum atomic E-state index is -2.53. The molecule has 0 bridgehead atoms. The molecule has 0 aromatic heterocycles. The zero-order chi connectivity index (χ0) is 27.0. The molecular formula is C29H34FNO6. The van der Waals surface area contributed by atoms with Crippen LogP contribution in [0, 0.1) is 23.6 Å². The van der Waals surface area contributed by atoms with Crippen molar-refractivity contribution in [3.05, 3.63) is 39.7 Å². The molecule has 198 valence electrons. The number of benzene rings is 1. The molecule has 1 aromatic rings. The highest BCUT2D eigenvalue weighted by Gasteiger charge is 2.66. The molecule has 4 aliphatic rings. The van der Waals surface area contributed by atoms with Crippen molar-refractivity contribution in [3.63, 3.8) is 0 Å². The van der Waals surface area contributed by atoms with Gasteiger partial charge in [0.05, 0.1) is 17.1 Å². The van der Waals surface area contributed by atoms with E-state index < -0.39 is 58.3 Å². The molecule has 0 amide bonds. The van der Waals surface area contributed by atoms with E-state index in [1.165, 1.54) is 13.0 Å². The van der Waals surface area contributed by atoms with Gasteiger partial charge in [0.15, 0.2) is 23.0 Å². The predicted molar refractivity (Wildman–Crippen MR) is 133 cm³/mol. The maximum absolute atomic E-state index is 15.1. The molecule has 5 atom stereocenters. The van der Waals surface area contributed by atoms with E-state index in [0.29, 0.717) is 18.4 Å². The number of rotatable bonds is 6. The number of likely N-dealkylation sites (N-methyl/N-ethyl adjacent to an activating group) is 1. The minimum Gasteiger partial charge on any atom is -0.507 e. The van der Waals surface area contributed by atoms with Crippen LogP contribution in [0.2, 0.25) is 0 Å². The molecule has 4 aliphatic carbocycles. The number of hydrogen-bond donors (Lipinski definition) is 2. The average Bonchev–Trinajstić information content (AvgIpc) is 3.69. The van der Waals surface area contributed by atoms with Gasteiger partial charge in [0.1, 0.15) is 11.6 Å². The van der Waals surface area contributed by atoms with Gasteiger partial charge in [-0.2, -0.15) is 0 Å². The molecule has 0 aliphatic heterocycles. The molecule has 0 spiro atoms. The lowest BCUT2D eigenvalue weighted by Gasteiger charge is -2.53. The highest BCUT2D eigenvalue weighted by molar-refractivity contribution is 6.33. The fraction of sp³-hybridized carbons (Fsp3) is 0.586. The Bertz CT molecular complexity index is 1260. The molecule has 5 unspecified atom stereocenters. The van der Waals surface area contributed by atoms with E-state index in [2.05, 4.69) is 4.90 Å². The Hall–Kier alpha value is -2.71. The fourth-order valence-corrected chi connectivity index (χ4v) is 7.22. The number of ketones is 4. The second-order valence-electron chi connectivity index (χ2n) is 11.2. The fourth-order valence-electron chi connectivity index (χ4n) is 7.22. The molecule has 8 heteroatoms. The van der Waals surface area contributed by atoms with E-state index in [-0.39, 0.29) is 53.3 Å².